The summed E-state index contributed by atoms with van der Waals surface area (Å²) in [5.41, 5.74) is -0.993. The van der Waals surface area contributed by atoms with Gasteiger partial charge in [-0.2, -0.15) is 22.0 Å². The molecule has 0 heterocycles. The third kappa shape index (κ3) is 2.96. The van der Waals surface area contributed by atoms with Crippen LogP contribution < -0.4 is 5.32 Å². The summed E-state index contributed by atoms with van der Waals surface area (Å²) >= 11 is 0. The second-order valence-electron chi connectivity index (χ2n) is 3.55. The molecular formula is C11H10F5NO. The van der Waals surface area contributed by atoms with Crippen LogP contribution >= 0.6 is 0 Å². The van der Waals surface area contributed by atoms with Crippen molar-refractivity contribution in [1.82, 2.24) is 0 Å². The van der Waals surface area contributed by atoms with Crippen LogP contribution in [0.25, 0.3) is 0 Å². The normalized spacial score (nSPS) is 12.3. The molecule has 0 aromatic heterocycles. The van der Waals surface area contributed by atoms with Crippen molar-refractivity contribution in [3.63, 3.8) is 0 Å². The predicted octanol–water partition coefficient (Wildman–Crippen LogP) is 3.69. The number of anilines is 1. The topological polar surface area (TPSA) is 29.1 Å². The highest BCUT2D eigenvalue weighted by molar-refractivity contribution is 5.90. The van der Waals surface area contributed by atoms with Gasteiger partial charge in [0.05, 0.1) is 0 Å². The molecule has 0 atom stereocenters. The molecule has 0 aliphatic carbocycles. The van der Waals surface area contributed by atoms with E-state index in [4.69, 9.17) is 0 Å². The summed E-state index contributed by atoms with van der Waals surface area (Å²) in [5.74, 6) is -5.26. The minimum absolute atomic E-state index is 0.170. The molecule has 1 aromatic carbocycles. The summed E-state index contributed by atoms with van der Waals surface area (Å²) in [4.78, 5) is 11.0. The van der Waals surface area contributed by atoms with Crippen molar-refractivity contribution < 1.29 is 26.7 Å². The number of benzene rings is 1. The molecule has 1 amide bonds. The van der Waals surface area contributed by atoms with Crippen LogP contribution in [0.15, 0.2) is 24.3 Å². The first kappa shape index (κ1) is 14.4. The van der Waals surface area contributed by atoms with Gasteiger partial charge in [-0.05, 0) is 12.1 Å². The number of carbonyl (C=O) groups excluding carboxylic acids is 1. The average Bonchev–Trinajstić information content (AvgIpc) is 2.28. The van der Waals surface area contributed by atoms with Gasteiger partial charge in [-0.25, -0.2) is 0 Å². The number of amides is 1. The highest BCUT2D eigenvalue weighted by Gasteiger charge is 2.58. The quantitative estimate of drug-likeness (QED) is 0.831. The molecule has 1 N–H and O–H groups in total. The third-order valence-corrected chi connectivity index (χ3v) is 2.21. The van der Waals surface area contributed by atoms with Crippen molar-refractivity contribution in [3.05, 3.63) is 29.8 Å². The van der Waals surface area contributed by atoms with Crippen LogP contribution in [0.5, 0.6) is 0 Å². The Labute approximate surface area is 99.8 Å². The van der Waals surface area contributed by atoms with E-state index in [-0.39, 0.29) is 18.0 Å². The number of hydrogen-bond acceptors (Lipinski definition) is 1. The molecule has 2 nitrogen and oxygen atoms in total. The summed E-state index contributed by atoms with van der Waals surface area (Å²) < 4.78 is 62.0. The minimum Gasteiger partial charge on any atom is -0.326 e. The van der Waals surface area contributed by atoms with Crippen molar-refractivity contribution in [1.29, 1.82) is 0 Å². The molecule has 0 saturated carbocycles. The van der Waals surface area contributed by atoms with Gasteiger partial charge >= 0.3 is 12.1 Å². The van der Waals surface area contributed by atoms with Gasteiger partial charge in [-0.15, -0.1) is 0 Å². The van der Waals surface area contributed by atoms with Gasteiger partial charge in [0.15, 0.2) is 0 Å². The molecule has 100 valence electrons. The Balaban J connectivity index is 2.93. The van der Waals surface area contributed by atoms with Crippen LogP contribution in [-0.4, -0.2) is 12.1 Å². The minimum atomic E-state index is -5.64. The number of carbonyl (C=O) groups is 1. The van der Waals surface area contributed by atoms with E-state index in [0.29, 0.717) is 12.1 Å². The van der Waals surface area contributed by atoms with Gasteiger partial charge in [-0.3, -0.25) is 4.79 Å². The molecular weight excluding hydrogens is 257 g/mol. The lowest BCUT2D eigenvalue weighted by Crippen LogP contribution is -2.33. The van der Waals surface area contributed by atoms with E-state index in [9.17, 15) is 26.7 Å². The highest BCUT2D eigenvalue weighted by Crippen LogP contribution is 2.43. The second kappa shape index (κ2) is 4.91. The van der Waals surface area contributed by atoms with Crippen LogP contribution in [-0.2, 0) is 10.7 Å². The lowest BCUT2D eigenvalue weighted by Gasteiger charge is -2.20. The standard InChI is InChI=1S/C11H10F5NO/c1-2-9(18)17-8-5-3-7(4-6-8)10(12,13)11(14,15)16/h3-6H,2H2,1H3,(H,17,18). The second-order valence-corrected chi connectivity index (χ2v) is 3.55. The van der Waals surface area contributed by atoms with Gasteiger partial charge in [0, 0.05) is 17.7 Å². The van der Waals surface area contributed by atoms with Gasteiger partial charge in [0.1, 0.15) is 0 Å². The number of rotatable bonds is 3. The van der Waals surface area contributed by atoms with E-state index in [2.05, 4.69) is 5.32 Å². The summed E-state index contributed by atoms with van der Waals surface area (Å²) in [7, 11) is 0. The summed E-state index contributed by atoms with van der Waals surface area (Å²) in [5, 5.41) is 2.34. The van der Waals surface area contributed by atoms with E-state index in [1.54, 1.807) is 6.92 Å². The summed E-state index contributed by atoms with van der Waals surface area (Å²) in [6, 6.07) is 3.28. The molecule has 0 aliphatic heterocycles. The molecule has 0 fully saturated rings. The maximum atomic E-state index is 12.9. The number of alkyl halides is 5. The van der Waals surface area contributed by atoms with Crippen LogP contribution in [0.4, 0.5) is 27.6 Å². The lowest BCUT2D eigenvalue weighted by molar-refractivity contribution is -0.289. The molecule has 0 aliphatic rings. The van der Waals surface area contributed by atoms with Gasteiger partial charge in [0.25, 0.3) is 0 Å². The van der Waals surface area contributed by atoms with Crippen LogP contribution in [0.1, 0.15) is 18.9 Å². The van der Waals surface area contributed by atoms with Crippen LogP contribution in [0.3, 0.4) is 0 Å². The summed E-state index contributed by atoms with van der Waals surface area (Å²) in [6.07, 6.45) is -5.46. The highest BCUT2D eigenvalue weighted by atomic mass is 19.4. The Kier molecular flexibility index (Phi) is 3.93. The van der Waals surface area contributed by atoms with Crippen molar-refractivity contribution in [3.8, 4) is 0 Å². The van der Waals surface area contributed by atoms with Crippen molar-refractivity contribution >= 4 is 11.6 Å². The zero-order valence-electron chi connectivity index (χ0n) is 9.31. The SMILES string of the molecule is CCC(=O)Nc1ccc(C(F)(F)C(F)(F)F)cc1. The van der Waals surface area contributed by atoms with E-state index in [0.717, 1.165) is 12.1 Å². The van der Waals surface area contributed by atoms with Gasteiger partial charge in [-0.1, -0.05) is 19.1 Å². The Bertz CT molecular complexity index is 424. The largest absolute Gasteiger partial charge is 0.458 e. The fourth-order valence-corrected chi connectivity index (χ4v) is 1.18. The lowest BCUT2D eigenvalue weighted by atomic mass is 10.1. The molecule has 0 radical (unpaired) electrons. The first-order valence-electron chi connectivity index (χ1n) is 5.03. The molecule has 1 rings (SSSR count). The van der Waals surface area contributed by atoms with E-state index in [1.165, 1.54) is 0 Å². The van der Waals surface area contributed by atoms with E-state index < -0.39 is 17.7 Å². The van der Waals surface area contributed by atoms with Crippen LogP contribution in [0.2, 0.25) is 0 Å². The van der Waals surface area contributed by atoms with Crippen molar-refractivity contribution in [2.75, 3.05) is 5.32 Å². The molecule has 0 saturated heterocycles. The number of halogens is 5. The first-order valence-corrected chi connectivity index (χ1v) is 5.03. The maximum absolute atomic E-state index is 12.9. The van der Waals surface area contributed by atoms with Gasteiger partial charge in [0.2, 0.25) is 5.91 Å². The maximum Gasteiger partial charge on any atom is 0.458 e. The monoisotopic (exact) mass is 267 g/mol. The molecule has 0 spiro atoms. The van der Waals surface area contributed by atoms with Gasteiger partial charge < -0.3 is 5.32 Å². The predicted molar refractivity (Wildman–Crippen MR) is 55.3 cm³/mol. The zero-order valence-corrected chi connectivity index (χ0v) is 9.31. The van der Waals surface area contributed by atoms with E-state index >= 15 is 0 Å². The van der Waals surface area contributed by atoms with Crippen molar-refractivity contribution in [2.24, 2.45) is 0 Å². The fraction of sp³-hybridized carbons (Fsp3) is 0.364. The smallest absolute Gasteiger partial charge is 0.326 e. The van der Waals surface area contributed by atoms with E-state index in [1.807, 2.05) is 0 Å². The molecule has 7 heteroatoms. The molecule has 18 heavy (non-hydrogen) atoms. The number of hydrogen-bond donors (Lipinski definition) is 1. The Morgan fingerprint density at radius 2 is 1.61 bits per heavy atom. The Hall–Kier alpha value is -1.66. The van der Waals surface area contributed by atoms with Crippen LogP contribution in [0, 0.1) is 0 Å². The molecule has 0 bridgehead atoms. The molecule has 1 aromatic rings. The molecule has 0 unspecified atom stereocenters. The third-order valence-electron chi connectivity index (χ3n) is 2.21. The number of nitrogens with one attached hydrogen (secondary N) is 1. The van der Waals surface area contributed by atoms with Crippen molar-refractivity contribution in [2.45, 2.75) is 25.4 Å². The first-order chi connectivity index (χ1) is 8.18. The summed E-state index contributed by atoms with van der Waals surface area (Å²) in [6.45, 7) is 1.58. The fourth-order valence-electron chi connectivity index (χ4n) is 1.18. The Morgan fingerprint density at radius 3 is 2.00 bits per heavy atom. The zero-order chi connectivity index (χ0) is 14.0. The Morgan fingerprint density at radius 1 is 1.11 bits per heavy atom. The average molecular weight is 267 g/mol.